The first-order chi connectivity index (χ1) is 28.0. The van der Waals surface area contributed by atoms with Crippen LogP contribution in [0.5, 0.6) is 0 Å². The van der Waals surface area contributed by atoms with E-state index in [1.807, 2.05) is 84.9 Å². The molecular formula is C43H51N7O8. The van der Waals surface area contributed by atoms with E-state index in [-0.39, 0.29) is 25.7 Å². The SMILES string of the molecule is CC1(C)OC2[C@H](O[C@@H]3C(=O)N[C@@H](Cc4ccccc4)C(=O)N[C@@H](Cc4c[nH]c5ccccc45)C(=O)N[C@@H](CCCCN)C(=O)N[C@@H](Cc4ccccc4)C(=O)N[C@@H]23)O1. The van der Waals surface area contributed by atoms with Crippen molar-refractivity contribution >= 4 is 40.4 Å². The number of aromatic nitrogens is 1. The van der Waals surface area contributed by atoms with Crippen LogP contribution >= 0.6 is 0 Å². The second kappa shape index (κ2) is 17.9. The highest BCUT2D eigenvalue weighted by Crippen LogP contribution is 2.37. The lowest BCUT2D eigenvalue weighted by molar-refractivity contribution is -0.208. The summed E-state index contributed by atoms with van der Waals surface area (Å²) in [5.41, 5.74) is 8.93. The quantitative estimate of drug-likeness (QED) is 0.116. The van der Waals surface area contributed by atoms with Gasteiger partial charge in [0.15, 0.2) is 18.2 Å². The lowest BCUT2D eigenvalue weighted by Gasteiger charge is -2.30. The van der Waals surface area contributed by atoms with Crippen molar-refractivity contribution in [1.29, 1.82) is 0 Å². The van der Waals surface area contributed by atoms with Gasteiger partial charge in [0.05, 0.1) is 6.04 Å². The van der Waals surface area contributed by atoms with Crippen molar-refractivity contribution in [2.45, 2.75) is 107 Å². The summed E-state index contributed by atoms with van der Waals surface area (Å²) in [7, 11) is 0. The van der Waals surface area contributed by atoms with Crippen molar-refractivity contribution in [1.82, 2.24) is 31.6 Å². The molecule has 1 aromatic heterocycles. The Bertz CT molecular complexity index is 2090. The van der Waals surface area contributed by atoms with E-state index in [0.717, 1.165) is 27.6 Å². The van der Waals surface area contributed by atoms with E-state index in [1.165, 1.54) is 0 Å². The first-order valence-corrected chi connectivity index (χ1v) is 19.8. The molecule has 3 saturated heterocycles. The molecule has 306 valence electrons. The first kappa shape index (κ1) is 40.6. The van der Waals surface area contributed by atoms with Gasteiger partial charge in [-0.15, -0.1) is 0 Å². The number of aromatic amines is 1. The van der Waals surface area contributed by atoms with E-state index in [1.54, 1.807) is 20.0 Å². The Kier molecular flexibility index (Phi) is 12.5. The van der Waals surface area contributed by atoms with Gasteiger partial charge in [-0.1, -0.05) is 78.9 Å². The standard InChI is InChI=1S/C43H51N7O8/c1-43(2)57-36-34-35(56-42(36)58-43)41(55)49-31(21-25-13-5-3-6-14-25)38(52)48-33(23-27-24-45-29-18-10-9-17-28(27)29)39(53)46-30(19-11-12-20-44)37(51)47-32(40(54)50-34)22-26-15-7-4-8-16-26/h3-10,13-18,24,30-36,42,45H,11-12,19-23,44H2,1-2H3,(H,46,53)(H,47,51)(H,48,52)(H,49,55)(H,50,54)/t30-,31-,32-,33-,34+,35-,36?,42+/m0/s1. The van der Waals surface area contributed by atoms with Crippen molar-refractivity contribution in [2.24, 2.45) is 5.73 Å². The molecule has 0 aliphatic carbocycles. The highest BCUT2D eigenvalue weighted by molar-refractivity contribution is 5.97. The second-order valence-corrected chi connectivity index (χ2v) is 15.5. The molecule has 0 saturated carbocycles. The Morgan fingerprint density at radius 1 is 0.603 bits per heavy atom. The number of fused-ring (bicyclic) bond motifs is 4. The molecule has 58 heavy (non-hydrogen) atoms. The van der Waals surface area contributed by atoms with Gasteiger partial charge in [0.1, 0.15) is 30.3 Å². The highest BCUT2D eigenvalue weighted by Gasteiger charge is 2.58. The molecule has 0 spiro atoms. The third-order valence-electron chi connectivity index (χ3n) is 10.8. The number of nitrogens with one attached hydrogen (secondary N) is 6. The van der Waals surface area contributed by atoms with Crippen LogP contribution in [0.1, 0.15) is 49.8 Å². The maximum atomic E-state index is 14.4. The zero-order valence-corrected chi connectivity index (χ0v) is 32.6. The molecule has 5 amide bonds. The monoisotopic (exact) mass is 793 g/mol. The fourth-order valence-corrected chi connectivity index (χ4v) is 7.83. The average Bonchev–Trinajstić information content (AvgIpc) is 3.86. The van der Waals surface area contributed by atoms with E-state index < -0.39 is 84.0 Å². The minimum Gasteiger partial charge on any atom is -0.361 e. The van der Waals surface area contributed by atoms with E-state index in [2.05, 4.69) is 31.6 Å². The summed E-state index contributed by atoms with van der Waals surface area (Å²) in [6, 6.07) is 20.3. The number of carbonyl (C=O) groups excluding carboxylic acids is 5. The number of hydrogen-bond donors (Lipinski definition) is 7. The zero-order chi connectivity index (χ0) is 40.8. The molecule has 3 fully saturated rings. The molecule has 15 nitrogen and oxygen atoms in total. The summed E-state index contributed by atoms with van der Waals surface area (Å²) in [4.78, 5) is 75.1. The third-order valence-corrected chi connectivity index (χ3v) is 10.8. The third kappa shape index (κ3) is 9.56. The van der Waals surface area contributed by atoms with Crippen LogP contribution in [0.2, 0.25) is 0 Å². The molecule has 3 aliphatic heterocycles. The number of amides is 5. The van der Waals surface area contributed by atoms with Crippen molar-refractivity contribution in [3.05, 3.63) is 108 Å². The molecular weight excluding hydrogens is 743 g/mol. The fourth-order valence-electron chi connectivity index (χ4n) is 7.83. The lowest BCUT2D eigenvalue weighted by Crippen LogP contribution is -2.63. The number of nitrogens with two attached hydrogens (primary N) is 1. The number of para-hydroxylation sites is 1. The van der Waals surface area contributed by atoms with Gasteiger partial charge < -0.3 is 51.5 Å². The smallest absolute Gasteiger partial charge is 0.252 e. The van der Waals surface area contributed by atoms with E-state index in [9.17, 15) is 24.0 Å². The maximum Gasteiger partial charge on any atom is 0.252 e. The Labute approximate surface area is 336 Å². The van der Waals surface area contributed by atoms with Crippen molar-refractivity contribution in [2.75, 3.05) is 6.54 Å². The average molecular weight is 794 g/mol. The molecule has 15 heteroatoms. The van der Waals surface area contributed by atoms with Crippen molar-refractivity contribution < 1.29 is 38.2 Å². The summed E-state index contributed by atoms with van der Waals surface area (Å²) >= 11 is 0. The summed E-state index contributed by atoms with van der Waals surface area (Å²) in [5.74, 6) is -4.23. The van der Waals surface area contributed by atoms with Crippen LogP contribution in [0, 0.1) is 0 Å². The number of ether oxygens (including phenoxy) is 3. The van der Waals surface area contributed by atoms with Crippen LogP contribution in [0.15, 0.2) is 91.1 Å². The van der Waals surface area contributed by atoms with E-state index >= 15 is 0 Å². The minimum absolute atomic E-state index is 0.0609. The highest BCUT2D eigenvalue weighted by atomic mass is 16.8. The number of hydrogen-bond acceptors (Lipinski definition) is 9. The molecule has 0 radical (unpaired) electrons. The van der Waals surface area contributed by atoms with Gasteiger partial charge in [0.2, 0.25) is 23.6 Å². The van der Waals surface area contributed by atoms with Crippen molar-refractivity contribution in [3.8, 4) is 0 Å². The maximum absolute atomic E-state index is 14.4. The van der Waals surface area contributed by atoms with Gasteiger partial charge in [-0.3, -0.25) is 24.0 Å². The van der Waals surface area contributed by atoms with Gasteiger partial charge in [-0.2, -0.15) is 0 Å². The van der Waals surface area contributed by atoms with Crippen LogP contribution in [0.25, 0.3) is 10.9 Å². The van der Waals surface area contributed by atoms with Crippen LogP contribution < -0.4 is 32.3 Å². The van der Waals surface area contributed by atoms with Gasteiger partial charge >= 0.3 is 0 Å². The predicted octanol–water partition coefficient (Wildman–Crippen LogP) is 1.64. The van der Waals surface area contributed by atoms with Crippen LogP contribution in [-0.4, -0.2) is 95.6 Å². The summed E-state index contributed by atoms with van der Waals surface area (Å²) in [5, 5.41) is 15.4. The molecule has 3 aromatic carbocycles. The number of rotatable bonds is 10. The Morgan fingerprint density at radius 2 is 1.14 bits per heavy atom. The molecule has 1 unspecified atom stereocenters. The topological polar surface area (TPSA) is 215 Å². The van der Waals surface area contributed by atoms with Crippen LogP contribution in [0.3, 0.4) is 0 Å². The summed E-state index contributed by atoms with van der Waals surface area (Å²) in [6.45, 7) is 3.78. The zero-order valence-electron chi connectivity index (χ0n) is 32.6. The Balaban J connectivity index is 1.28. The van der Waals surface area contributed by atoms with Gasteiger partial charge in [-0.05, 0) is 62.4 Å². The van der Waals surface area contributed by atoms with Crippen molar-refractivity contribution in [3.63, 3.8) is 0 Å². The molecule has 4 heterocycles. The summed E-state index contributed by atoms with van der Waals surface area (Å²) in [6.07, 6.45) is 0.0639. The minimum atomic E-state index is -1.35. The Hall–Kier alpha value is -5.61. The fraction of sp³-hybridized carbons (Fsp3) is 0.419. The largest absolute Gasteiger partial charge is 0.361 e. The number of carbonyl (C=O) groups is 5. The second-order valence-electron chi connectivity index (χ2n) is 15.5. The molecule has 8 N–H and O–H groups in total. The lowest BCUT2D eigenvalue weighted by atomic mass is 9.99. The predicted molar refractivity (Wildman–Crippen MR) is 214 cm³/mol. The van der Waals surface area contributed by atoms with Gasteiger partial charge in [-0.25, -0.2) is 0 Å². The number of benzene rings is 3. The van der Waals surface area contributed by atoms with E-state index in [4.69, 9.17) is 19.9 Å². The van der Waals surface area contributed by atoms with Crippen LogP contribution in [0.4, 0.5) is 0 Å². The molecule has 7 rings (SSSR count). The first-order valence-electron chi connectivity index (χ1n) is 19.8. The normalized spacial score (nSPS) is 27.8. The number of unbranched alkanes of at least 4 members (excludes halogenated alkanes) is 1. The van der Waals surface area contributed by atoms with E-state index in [0.29, 0.717) is 19.4 Å². The molecule has 3 aliphatic rings. The Morgan fingerprint density at radius 3 is 1.78 bits per heavy atom. The molecule has 4 aromatic rings. The molecule has 0 bridgehead atoms. The summed E-state index contributed by atoms with van der Waals surface area (Å²) < 4.78 is 18.3. The van der Waals surface area contributed by atoms with Crippen LogP contribution in [-0.2, 0) is 57.4 Å². The van der Waals surface area contributed by atoms with Gasteiger partial charge in [0, 0.05) is 36.4 Å². The molecule has 8 atom stereocenters. The number of H-pyrrole nitrogens is 1. The van der Waals surface area contributed by atoms with Gasteiger partial charge in [0.25, 0.3) is 5.91 Å².